The van der Waals surface area contributed by atoms with Crippen LogP contribution in [0.3, 0.4) is 0 Å². The summed E-state index contributed by atoms with van der Waals surface area (Å²) in [5, 5.41) is 9.90. The number of benzene rings is 1. The molecule has 1 aromatic carbocycles. The maximum atomic E-state index is 12.5. The number of thioether (sulfide) groups is 1. The lowest BCUT2D eigenvalue weighted by Crippen LogP contribution is -2.21. The molecule has 4 aromatic rings. The van der Waals surface area contributed by atoms with E-state index in [4.69, 9.17) is 4.42 Å². The van der Waals surface area contributed by atoms with E-state index in [1.807, 2.05) is 42.8 Å². The monoisotopic (exact) mass is 367 g/mol. The molecule has 0 aliphatic carbocycles. The highest BCUT2D eigenvalue weighted by Gasteiger charge is 2.16. The lowest BCUT2D eigenvalue weighted by atomic mass is 10.2. The molecule has 0 bridgehead atoms. The third kappa shape index (κ3) is 2.72. The molecule has 3 heterocycles. The molecule has 0 atom stereocenters. The van der Waals surface area contributed by atoms with Gasteiger partial charge in [0.1, 0.15) is 11.6 Å². The summed E-state index contributed by atoms with van der Waals surface area (Å²) in [6.07, 6.45) is 1.64. The number of para-hydroxylation sites is 1. The smallest absolute Gasteiger partial charge is 0.261 e. The number of aromatic nitrogens is 5. The predicted molar refractivity (Wildman–Crippen MR) is 100.0 cm³/mol. The first-order valence-corrected chi connectivity index (χ1v) is 9.06. The lowest BCUT2D eigenvalue weighted by molar-refractivity contribution is 0.534. The molecule has 0 fully saturated rings. The van der Waals surface area contributed by atoms with Gasteiger partial charge in [-0.05, 0) is 25.1 Å². The molecule has 0 aliphatic heterocycles. The van der Waals surface area contributed by atoms with Crippen LogP contribution in [0.2, 0.25) is 0 Å². The Labute approximate surface area is 153 Å². The number of hydrogen-bond donors (Lipinski definition) is 0. The van der Waals surface area contributed by atoms with Crippen LogP contribution in [-0.2, 0) is 19.8 Å². The maximum absolute atomic E-state index is 12.5. The summed E-state index contributed by atoms with van der Waals surface area (Å²) in [4.78, 5) is 17.1. The highest BCUT2D eigenvalue weighted by molar-refractivity contribution is 7.98. The quantitative estimate of drug-likeness (QED) is 0.516. The molecule has 4 rings (SSSR count). The normalized spacial score (nSPS) is 11.3. The van der Waals surface area contributed by atoms with Crippen LogP contribution in [0, 0.1) is 6.92 Å². The average molecular weight is 367 g/mol. The Bertz CT molecular complexity index is 1160. The predicted octanol–water partition coefficient (Wildman–Crippen LogP) is 2.92. The minimum atomic E-state index is -0.0427. The van der Waals surface area contributed by atoms with Crippen LogP contribution in [0.1, 0.15) is 11.6 Å². The molecule has 0 saturated carbocycles. The summed E-state index contributed by atoms with van der Waals surface area (Å²) < 4.78 is 8.85. The van der Waals surface area contributed by atoms with Crippen LogP contribution < -0.4 is 5.56 Å². The molecule has 0 radical (unpaired) electrons. The molecule has 8 heteroatoms. The van der Waals surface area contributed by atoms with E-state index < -0.39 is 0 Å². The molecule has 0 N–H and O–H groups in total. The molecule has 0 amide bonds. The Morgan fingerprint density at radius 1 is 1.12 bits per heavy atom. The van der Waals surface area contributed by atoms with Gasteiger partial charge in [-0.15, -0.1) is 10.2 Å². The van der Waals surface area contributed by atoms with E-state index in [2.05, 4.69) is 15.2 Å². The van der Waals surface area contributed by atoms with Crippen LogP contribution in [0.4, 0.5) is 0 Å². The maximum Gasteiger partial charge on any atom is 0.261 e. The van der Waals surface area contributed by atoms with Crippen molar-refractivity contribution >= 4 is 22.7 Å². The van der Waals surface area contributed by atoms with Gasteiger partial charge in [0.05, 0.1) is 28.5 Å². The molecule has 0 saturated heterocycles. The largest absolute Gasteiger partial charge is 0.469 e. The summed E-state index contributed by atoms with van der Waals surface area (Å²) in [6.45, 7) is 1.89. The summed E-state index contributed by atoms with van der Waals surface area (Å²) in [5.74, 6) is 2.77. The fraction of sp³-hybridized carbons (Fsp3) is 0.222. The Morgan fingerprint density at radius 2 is 1.92 bits per heavy atom. The second-order valence-electron chi connectivity index (χ2n) is 5.95. The van der Waals surface area contributed by atoms with Gasteiger partial charge in [-0.3, -0.25) is 9.36 Å². The highest BCUT2D eigenvalue weighted by atomic mass is 32.2. The van der Waals surface area contributed by atoms with Gasteiger partial charge in [0.2, 0.25) is 0 Å². The third-order valence-corrected chi connectivity index (χ3v) is 5.36. The number of fused-ring (bicyclic) bond motifs is 1. The van der Waals surface area contributed by atoms with E-state index in [0.717, 1.165) is 22.3 Å². The number of furan rings is 1. The van der Waals surface area contributed by atoms with Gasteiger partial charge < -0.3 is 8.98 Å². The molecule has 26 heavy (non-hydrogen) atoms. The van der Waals surface area contributed by atoms with Crippen molar-refractivity contribution in [1.82, 2.24) is 24.3 Å². The van der Waals surface area contributed by atoms with Crippen molar-refractivity contribution in [2.75, 3.05) is 0 Å². The van der Waals surface area contributed by atoms with Gasteiger partial charge in [-0.2, -0.15) is 0 Å². The van der Waals surface area contributed by atoms with Crippen molar-refractivity contribution in [3.05, 3.63) is 58.5 Å². The summed E-state index contributed by atoms with van der Waals surface area (Å²) in [7, 11) is 3.66. The van der Waals surface area contributed by atoms with Crippen molar-refractivity contribution in [3.8, 4) is 11.4 Å². The van der Waals surface area contributed by atoms with Gasteiger partial charge in [0.25, 0.3) is 5.56 Å². The van der Waals surface area contributed by atoms with Gasteiger partial charge in [0.15, 0.2) is 11.0 Å². The van der Waals surface area contributed by atoms with Gasteiger partial charge in [0, 0.05) is 14.1 Å². The number of aryl methyl sites for hydroxylation is 1. The van der Waals surface area contributed by atoms with Gasteiger partial charge in [-0.1, -0.05) is 23.9 Å². The molecule has 7 nitrogen and oxygen atoms in total. The first-order chi connectivity index (χ1) is 12.6. The molecule has 0 unspecified atom stereocenters. The molecule has 0 aliphatic rings. The summed E-state index contributed by atoms with van der Waals surface area (Å²) in [5.41, 5.74) is 1.58. The van der Waals surface area contributed by atoms with Crippen LogP contribution in [0.25, 0.3) is 22.3 Å². The molecular formula is C18H17N5O2S. The number of nitrogens with zero attached hydrogens (tertiary/aromatic N) is 5. The van der Waals surface area contributed by atoms with Crippen molar-refractivity contribution < 1.29 is 4.42 Å². The highest BCUT2D eigenvalue weighted by Crippen LogP contribution is 2.27. The Morgan fingerprint density at radius 3 is 2.69 bits per heavy atom. The second kappa shape index (κ2) is 6.45. The second-order valence-corrected chi connectivity index (χ2v) is 6.90. The van der Waals surface area contributed by atoms with Crippen molar-refractivity contribution in [2.45, 2.75) is 17.8 Å². The Balaban J connectivity index is 1.64. The summed E-state index contributed by atoms with van der Waals surface area (Å²) >= 11 is 1.49. The topological polar surface area (TPSA) is 78.7 Å². The fourth-order valence-corrected chi connectivity index (χ4v) is 3.71. The number of rotatable bonds is 4. The minimum absolute atomic E-state index is 0.0427. The van der Waals surface area contributed by atoms with Crippen LogP contribution in [-0.4, -0.2) is 24.3 Å². The van der Waals surface area contributed by atoms with E-state index in [1.54, 1.807) is 23.9 Å². The summed E-state index contributed by atoms with van der Waals surface area (Å²) in [6, 6.07) is 9.26. The van der Waals surface area contributed by atoms with E-state index in [9.17, 15) is 4.79 Å². The standard InChI is InChI=1S/C18H17N5O2S/c1-11-12(8-9-25-11)16-20-21-18(23(16)3)26-10-15-19-14-7-5-4-6-13(14)17(24)22(15)2/h4-9H,10H2,1-3H3. The van der Waals surface area contributed by atoms with E-state index >= 15 is 0 Å². The van der Waals surface area contributed by atoms with Gasteiger partial charge >= 0.3 is 0 Å². The number of hydrogen-bond acceptors (Lipinski definition) is 6. The SMILES string of the molecule is Cc1occc1-c1nnc(SCc2nc3ccccc3c(=O)n2C)n1C. The van der Waals surface area contributed by atoms with E-state index in [1.165, 1.54) is 11.8 Å². The third-order valence-electron chi connectivity index (χ3n) is 4.34. The zero-order valence-corrected chi connectivity index (χ0v) is 15.4. The zero-order valence-electron chi connectivity index (χ0n) is 14.6. The van der Waals surface area contributed by atoms with Crippen LogP contribution in [0.5, 0.6) is 0 Å². The van der Waals surface area contributed by atoms with E-state index in [-0.39, 0.29) is 5.56 Å². The minimum Gasteiger partial charge on any atom is -0.469 e. The molecule has 0 spiro atoms. The molecular weight excluding hydrogens is 350 g/mol. The average Bonchev–Trinajstić information content (AvgIpc) is 3.22. The lowest BCUT2D eigenvalue weighted by Gasteiger charge is -2.09. The van der Waals surface area contributed by atoms with Crippen molar-refractivity contribution in [3.63, 3.8) is 0 Å². The van der Waals surface area contributed by atoms with Crippen LogP contribution in [0.15, 0.2) is 51.0 Å². The fourth-order valence-electron chi connectivity index (χ4n) is 2.81. The van der Waals surface area contributed by atoms with Crippen LogP contribution >= 0.6 is 11.8 Å². The molecule has 3 aromatic heterocycles. The Hall–Kier alpha value is -2.87. The Kier molecular flexibility index (Phi) is 4.12. The first-order valence-electron chi connectivity index (χ1n) is 8.07. The van der Waals surface area contributed by atoms with Crippen molar-refractivity contribution in [2.24, 2.45) is 14.1 Å². The van der Waals surface area contributed by atoms with E-state index in [0.29, 0.717) is 22.5 Å². The molecule has 132 valence electrons. The van der Waals surface area contributed by atoms with Crippen molar-refractivity contribution in [1.29, 1.82) is 0 Å². The van der Waals surface area contributed by atoms with Gasteiger partial charge in [-0.25, -0.2) is 4.98 Å². The first kappa shape index (κ1) is 16.6. The zero-order chi connectivity index (χ0) is 18.3.